The molecule has 0 amide bonds. The van der Waals surface area contributed by atoms with Gasteiger partial charge in [-0.3, -0.25) is 4.79 Å². The molecule has 0 saturated heterocycles. The van der Waals surface area contributed by atoms with Crippen molar-refractivity contribution in [1.82, 2.24) is 9.97 Å². The lowest BCUT2D eigenvalue weighted by Crippen LogP contribution is -2.23. The molecule has 2 heterocycles. The molecule has 146 valence electrons. The third-order valence-corrected chi connectivity index (χ3v) is 6.27. The Morgan fingerprint density at radius 2 is 2.14 bits per heavy atom. The minimum atomic E-state index is -0.0880. The van der Waals surface area contributed by atoms with Crippen molar-refractivity contribution in [3.63, 3.8) is 0 Å². The predicted molar refractivity (Wildman–Crippen MR) is 114 cm³/mol. The maximum atomic E-state index is 12.2. The minimum Gasteiger partial charge on any atom is -0.466 e. The molecule has 1 aliphatic carbocycles. The number of rotatable bonds is 5. The maximum absolute atomic E-state index is 12.2. The first-order valence-electron chi connectivity index (χ1n) is 9.53. The largest absolute Gasteiger partial charge is 0.466 e. The van der Waals surface area contributed by atoms with Crippen LogP contribution in [0.15, 0.2) is 30.6 Å². The first-order chi connectivity index (χ1) is 13.6. The number of fused-ring (bicyclic) bond motifs is 3. The fraction of sp³-hybridized carbons (Fsp3) is 0.381. The van der Waals surface area contributed by atoms with Crippen LogP contribution >= 0.6 is 11.3 Å². The summed E-state index contributed by atoms with van der Waals surface area (Å²) in [6.07, 6.45) is 3.98. The van der Waals surface area contributed by atoms with Crippen molar-refractivity contribution >= 4 is 44.7 Å². The average molecular weight is 397 g/mol. The molecule has 0 bridgehead atoms. The highest BCUT2D eigenvalue weighted by Crippen LogP contribution is 2.41. The second-order valence-electron chi connectivity index (χ2n) is 7.13. The molecule has 6 nitrogen and oxygen atoms in total. The zero-order valence-corrected chi connectivity index (χ0v) is 17.2. The van der Waals surface area contributed by atoms with Gasteiger partial charge in [-0.25, -0.2) is 9.97 Å². The summed E-state index contributed by atoms with van der Waals surface area (Å²) < 4.78 is 5.23. The normalized spacial score (nSPS) is 15.9. The van der Waals surface area contributed by atoms with E-state index in [1.165, 1.54) is 10.4 Å². The van der Waals surface area contributed by atoms with Gasteiger partial charge in [-0.1, -0.05) is 12.1 Å². The Kier molecular flexibility index (Phi) is 5.17. The topological polar surface area (TPSA) is 67.3 Å². The Bertz CT molecular complexity index is 1010. The zero-order chi connectivity index (χ0) is 19.7. The van der Waals surface area contributed by atoms with Crippen LogP contribution in [0.5, 0.6) is 0 Å². The summed E-state index contributed by atoms with van der Waals surface area (Å²) in [6, 6.07) is 8.17. The van der Waals surface area contributed by atoms with Gasteiger partial charge in [0.15, 0.2) is 0 Å². The van der Waals surface area contributed by atoms with Gasteiger partial charge in [0.05, 0.1) is 29.3 Å². The van der Waals surface area contributed by atoms with Crippen LogP contribution in [0.4, 0.5) is 17.2 Å². The number of ether oxygens (including phenoxy) is 1. The molecule has 0 radical (unpaired) electrons. The van der Waals surface area contributed by atoms with Crippen LogP contribution in [0.2, 0.25) is 0 Å². The number of hydrogen-bond donors (Lipinski definition) is 1. The van der Waals surface area contributed by atoms with Crippen molar-refractivity contribution in [3.05, 3.63) is 41.0 Å². The van der Waals surface area contributed by atoms with Gasteiger partial charge in [0.25, 0.3) is 0 Å². The van der Waals surface area contributed by atoms with E-state index in [9.17, 15) is 4.79 Å². The molecule has 4 rings (SSSR count). The summed E-state index contributed by atoms with van der Waals surface area (Å²) in [4.78, 5) is 25.5. The van der Waals surface area contributed by atoms with Crippen molar-refractivity contribution in [2.24, 2.45) is 5.92 Å². The summed E-state index contributed by atoms with van der Waals surface area (Å²) in [5.41, 5.74) is 3.37. The number of nitrogens with zero attached hydrogens (tertiary/aromatic N) is 3. The van der Waals surface area contributed by atoms with E-state index in [4.69, 9.17) is 4.74 Å². The molecule has 0 fully saturated rings. The quantitative estimate of drug-likeness (QED) is 0.653. The first-order valence-corrected chi connectivity index (χ1v) is 10.4. The van der Waals surface area contributed by atoms with Gasteiger partial charge in [0, 0.05) is 19.0 Å². The lowest BCUT2D eigenvalue weighted by molar-refractivity contribution is -0.148. The minimum absolute atomic E-state index is 0.0562. The number of hydrogen-bond acceptors (Lipinski definition) is 7. The van der Waals surface area contributed by atoms with Gasteiger partial charge in [0.2, 0.25) is 0 Å². The molecule has 7 heteroatoms. The fourth-order valence-electron chi connectivity index (χ4n) is 3.76. The molecule has 1 atom stereocenters. The molecule has 1 aliphatic rings. The van der Waals surface area contributed by atoms with E-state index in [0.717, 1.165) is 46.7 Å². The second-order valence-corrected chi connectivity index (χ2v) is 8.22. The van der Waals surface area contributed by atoms with Crippen LogP contribution < -0.4 is 10.2 Å². The van der Waals surface area contributed by atoms with Crippen LogP contribution in [0.1, 0.15) is 23.8 Å². The molecular formula is C21H24N4O2S. The lowest BCUT2D eigenvalue weighted by Gasteiger charge is -2.21. The Balaban J connectivity index is 1.70. The predicted octanol–water partition coefficient (Wildman–Crippen LogP) is 4.17. The lowest BCUT2D eigenvalue weighted by atomic mass is 9.88. The molecule has 28 heavy (non-hydrogen) atoms. The van der Waals surface area contributed by atoms with E-state index in [-0.39, 0.29) is 11.9 Å². The van der Waals surface area contributed by atoms with Crippen LogP contribution in [0.25, 0.3) is 10.2 Å². The Hall–Kier alpha value is -2.67. The van der Waals surface area contributed by atoms with Gasteiger partial charge in [-0.05, 0) is 43.9 Å². The first kappa shape index (κ1) is 18.7. The summed E-state index contributed by atoms with van der Waals surface area (Å²) in [7, 11) is 4.05. The van der Waals surface area contributed by atoms with E-state index in [2.05, 4.69) is 32.3 Å². The highest BCUT2D eigenvalue weighted by atomic mass is 32.1. The van der Waals surface area contributed by atoms with Crippen molar-refractivity contribution in [3.8, 4) is 0 Å². The number of aromatic nitrogens is 2. The SMILES string of the molecule is CCOC(=O)C1CCc2c(sc3ncnc(Nc4ccccc4N(C)C)c23)C1. The molecule has 3 aromatic rings. The molecular weight excluding hydrogens is 372 g/mol. The van der Waals surface area contributed by atoms with E-state index in [1.807, 2.05) is 33.2 Å². The number of esters is 1. The summed E-state index contributed by atoms with van der Waals surface area (Å²) in [5.74, 6) is 0.681. The molecule has 1 aromatic carbocycles. The molecule has 1 unspecified atom stereocenters. The summed E-state index contributed by atoms with van der Waals surface area (Å²) in [6.45, 7) is 2.28. The Morgan fingerprint density at radius 3 is 2.93 bits per heavy atom. The maximum Gasteiger partial charge on any atom is 0.309 e. The molecule has 0 aliphatic heterocycles. The molecule has 2 aromatic heterocycles. The number of thiophene rings is 1. The number of benzene rings is 1. The molecule has 0 spiro atoms. The van der Waals surface area contributed by atoms with E-state index in [1.54, 1.807) is 17.7 Å². The number of anilines is 3. The van der Waals surface area contributed by atoms with Gasteiger partial charge >= 0.3 is 5.97 Å². The number of nitrogens with one attached hydrogen (secondary N) is 1. The summed E-state index contributed by atoms with van der Waals surface area (Å²) in [5, 5.41) is 4.59. The van der Waals surface area contributed by atoms with Crippen molar-refractivity contribution < 1.29 is 9.53 Å². The smallest absolute Gasteiger partial charge is 0.309 e. The molecule has 0 saturated carbocycles. The third kappa shape index (κ3) is 3.42. The van der Waals surface area contributed by atoms with E-state index in [0.29, 0.717) is 6.61 Å². The van der Waals surface area contributed by atoms with Gasteiger partial charge < -0.3 is 15.0 Å². The van der Waals surface area contributed by atoms with Crippen LogP contribution in [0.3, 0.4) is 0 Å². The van der Waals surface area contributed by atoms with Gasteiger partial charge in [-0.2, -0.15) is 0 Å². The van der Waals surface area contributed by atoms with E-state index >= 15 is 0 Å². The monoisotopic (exact) mass is 396 g/mol. The number of carbonyl (C=O) groups excluding carboxylic acids is 1. The zero-order valence-electron chi connectivity index (χ0n) is 16.4. The highest BCUT2D eigenvalue weighted by Gasteiger charge is 2.30. The number of para-hydroxylation sites is 2. The van der Waals surface area contributed by atoms with Crippen LogP contribution in [-0.2, 0) is 22.4 Å². The van der Waals surface area contributed by atoms with Gasteiger partial charge in [-0.15, -0.1) is 11.3 Å². The Morgan fingerprint density at radius 1 is 1.32 bits per heavy atom. The summed E-state index contributed by atoms with van der Waals surface area (Å²) >= 11 is 1.66. The van der Waals surface area contributed by atoms with Crippen LogP contribution in [0, 0.1) is 5.92 Å². The number of carbonyl (C=O) groups is 1. The standard InChI is InChI=1S/C21H24N4O2S/c1-4-27-21(26)13-9-10-14-17(11-13)28-20-18(14)19(22-12-23-20)24-15-7-5-6-8-16(15)25(2)3/h5-8,12-13H,4,9-11H2,1-3H3,(H,22,23,24). The average Bonchev–Trinajstić information content (AvgIpc) is 3.07. The van der Waals surface area contributed by atoms with Crippen molar-refractivity contribution in [2.75, 3.05) is 30.9 Å². The second kappa shape index (κ2) is 7.75. The van der Waals surface area contributed by atoms with Crippen molar-refractivity contribution in [2.45, 2.75) is 26.2 Å². The van der Waals surface area contributed by atoms with Crippen molar-refractivity contribution in [1.29, 1.82) is 0 Å². The Labute approximate surface area is 168 Å². The van der Waals surface area contributed by atoms with Crippen LogP contribution in [-0.4, -0.2) is 36.6 Å². The van der Waals surface area contributed by atoms with Gasteiger partial charge in [0.1, 0.15) is 17.0 Å². The highest BCUT2D eigenvalue weighted by molar-refractivity contribution is 7.19. The van der Waals surface area contributed by atoms with E-state index < -0.39 is 0 Å². The third-order valence-electron chi connectivity index (χ3n) is 5.10. The number of aryl methyl sites for hydroxylation is 1. The molecule has 1 N–H and O–H groups in total. The fourth-order valence-corrected chi connectivity index (χ4v) is 5.03.